The van der Waals surface area contributed by atoms with Crippen molar-refractivity contribution in [3.8, 4) is 0 Å². The number of carbonyl (C=O) groups excluding carboxylic acids is 1. The van der Waals surface area contributed by atoms with Gasteiger partial charge >= 0.3 is 5.97 Å². The van der Waals surface area contributed by atoms with Gasteiger partial charge in [-0.1, -0.05) is 63.5 Å². The molecular formula is C23H42O4. The largest absolute Gasteiger partial charge is 0.469 e. The zero-order valence-electron chi connectivity index (χ0n) is 17.6. The van der Waals surface area contributed by atoms with Crippen molar-refractivity contribution in [3.05, 3.63) is 12.2 Å². The van der Waals surface area contributed by atoms with Crippen molar-refractivity contribution in [3.63, 3.8) is 0 Å². The van der Waals surface area contributed by atoms with Crippen LogP contribution in [0.4, 0.5) is 0 Å². The molecule has 1 aliphatic heterocycles. The summed E-state index contributed by atoms with van der Waals surface area (Å²) in [6.45, 7) is 2.33. The van der Waals surface area contributed by atoms with Crippen LogP contribution in [0.5, 0.6) is 0 Å². The average Bonchev–Trinajstić information content (AvgIpc) is 2.70. The van der Waals surface area contributed by atoms with Crippen LogP contribution in [-0.2, 0) is 19.0 Å². The number of hydrogen-bond acceptors (Lipinski definition) is 4. The van der Waals surface area contributed by atoms with Gasteiger partial charge in [0.2, 0.25) is 0 Å². The zero-order chi connectivity index (χ0) is 19.4. The minimum Gasteiger partial charge on any atom is -0.469 e. The molecule has 27 heavy (non-hydrogen) atoms. The maximum Gasteiger partial charge on any atom is 0.305 e. The third-order valence-corrected chi connectivity index (χ3v) is 5.18. The van der Waals surface area contributed by atoms with Crippen LogP contribution in [-0.4, -0.2) is 39.0 Å². The Morgan fingerprint density at radius 3 is 2.04 bits per heavy atom. The van der Waals surface area contributed by atoms with Crippen LogP contribution in [0.25, 0.3) is 0 Å². The second-order valence-electron chi connectivity index (χ2n) is 7.62. The number of carbonyl (C=O) groups is 1. The fourth-order valence-corrected chi connectivity index (χ4v) is 3.44. The van der Waals surface area contributed by atoms with Gasteiger partial charge in [-0.05, 0) is 38.5 Å². The van der Waals surface area contributed by atoms with E-state index < -0.39 is 0 Å². The maximum atomic E-state index is 11.0. The molecule has 0 aromatic carbocycles. The number of hydrogen-bond donors (Lipinski definition) is 0. The molecule has 1 saturated heterocycles. The molecule has 1 aliphatic rings. The molecule has 0 aliphatic carbocycles. The minimum absolute atomic E-state index is 0.0814. The Morgan fingerprint density at radius 1 is 0.852 bits per heavy atom. The third-order valence-electron chi connectivity index (χ3n) is 5.18. The fraction of sp³-hybridized carbons (Fsp3) is 0.870. The van der Waals surface area contributed by atoms with E-state index in [1.165, 1.54) is 77.7 Å². The molecule has 4 heteroatoms. The number of allylic oxidation sites excluding steroid dienone is 2. The lowest BCUT2D eigenvalue weighted by atomic mass is 10.1. The van der Waals surface area contributed by atoms with Crippen LogP contribution in [0.1, 0.15) is 96.3 Å². The summed E-state index contributed by atoms with van der Waals surface area (Å²) in [4.78, 5) is 11.0. The first kappa shape index (κ1) is 24.2. The van der Waals surface area contributed by atoms with Gasteiger partial charge in [-0.3, -0.25) is 4.79 Å². The Labute approximate surface area is 167 Å². The first-order chi connectivity index (χ1) is 13.3. The van der Waals surface area contributed by atoms with E-state index in [1.54, 1.807) is 0 Å². The molecule has 1 atom stereocenters. The van der Waals surface area contributed by atoms with E-state index in [0.717, 1.165) is 39.1 Å². The highest BCUT2D eigenvalue weighted by atomic mass is 16.6. The van der Waals surface area contributed by atoms with Gasteiger partial charge in [0.1, 0.15) is 0 Å². The average molecular weight is 383 g/mol. The van der Waals surface area contributed by atoms with E-state index in [4.69, 9.17) is 9.47 Å². The molecule has 0 amide bonds. The lowest BCUT2D eigenvalue weighted by Gasteiger charge is -2.22. The van der Waals surface area contributed by atoms with Gasteiger partial charge in [0.25, 0.3) is 0 Å². The summed E-state index contributed by atoms with van der Waals surface area (Å²) >= 11 is 0. The van der Waals surface area contributed by atoms with Crippen molar-refractivity contribution in [2.75, 3.05) is 26.9 Å². The predicted molar refractivity (Wildman–Crippen MR) is 111 cm³/mol. The summed E-state index contributed by atoms with van der Waals surface area (Å²) < 4.78 is 15.7. The third kappa shape index (κ3) is 15.8. The first-order valence-electron chi connectivity index (χ1n) is 11.2. The number of ether oxygens (including phenoxy) is 3. The maximum absolute atomic E-state index is 11.0. The second-order valence-corrected chi connectivity index (χ2v) is 7.62. The van der Waals surface area contributed by atoms with E-state index in [9.17, 15) is 4.79 Å². The summed E-state index contributed by atoms with van der Waals surface area (Å²) in [5.74, 6) is -0.0814. The summed E-state index contributed by atoms with van der Waals surface area (Å²) in [6.07, 6.45) is 23.1. The van der Waals surface area contributed by atoms with Gasteiger partial charge in [-0.2, -0.15) is 0 Å². The molecule has 4 nitrogen and oxygen atoms in total. The molecule has 0 N–H and O–H groups in total. The zero-order valence-corrected chi connectivity index (χ0v) is 17.6. The van der Waals surface area contributed by atoms with Crippen LogP contribution in [0.3, 0.4) is 0 Å². The lowest BCUT2D eigenvalue weighted by molar-refractivity contribution is -0.140. The van der Waals surface area contributed by atoms with Crippen molar-refractivity contribution in [2.24, 2.45) is 0 Å². The highest BCUT2D eigenvalue weighted by Crippen LogP contribution is 2.13. The number of esters is 1. The van der Waals surface area contributed by atoms with Crippen LogP contribution in [0.15, 0.2) is 12.2 Å². The second kappa shape index (κ2) is 18.5. The predicted octanol–water partition coefficient (Wildman–Crippen LogP) is 5.98. The Hall–Kier alpha value is -0.870. The molecule has 0 aromatic heterocycles. The lowest BCUT2D eigenvalue weighted by Crippen LogP contribution is -2.28. The summed E-state index contributed by atoms with van der Waals surface area (Å²) in [7, 11) is 1.46. The minimum atomic E-state index is -0.0814. The fourth-order valence-electron chi connectivity index (χ4n) is 3.44. The summed E-state index contributed by atoms with van der Waals surface area (Å²) in [5.41, 5.74) is 0. The van der Waals surface area contributed by atoms with Gasteiger partial charge in [-0.15, -0.1) is 0 Å². The standard InChI is InChI=1S/C23H42O4/c1-25-23(24)18-16-14-12-10-8-6-4-2-3-5-7-9-11-13-15-17-22-21-26-19-20-27-22/h2,4,22H,3,5-21H2,1H3/b4-2-. The molecule has 0 bridgehead atoms. The van der Waals surface area contributed by atoms with Crippen LogP contribution in [0, 0.1) is 0 Å². The summed E-state index contributed by atoms with van der Waals surface area (Å²) in [6, 6.07) is 0. The Morgan fingerprint density at radius 2 is 1.44 bits per heavy atom. The van der Waals surface area contributed by atoms with E-state index in [1.807, 2.05) is 0 Å². The normalized spacial score (nSPS) is 17.4. The topological polar surface area (TPSA) is 44.8 Å². The van der Waals surface area contributed by atoms with Crippen LogP contribution in [0.2, 0.25) is 0 Å². The molecule has 1 heterocycles. The summed E-state index contributed by atoms with van der Waals surface area (Å²) in [5, 5.41) is 0. The number of methoxy groups -OCH3 is 1. The smallest absolute Gasteiger partial charge is 0.305 e. The van der Waals surface area contributed by atoms with Gasteiger partial charge in [0.15, 0.2) is 0 Å². The van der Waals surface area contributed by atoms with Gasteiger partial charge in [-0.25, -0.2) is 0 Å². The quantitative estimate of drug-likeness (QED) is 0.176. The number of rotatable bonds is 17. The molecule has 0 aromatic rings. The van der Waals surface area contributed by atoms with Crippen molar-refractivity contribution in [2.45, 2.75) is 102 Å². The first-order valence-corrected chi connectivity index (χ1v) is 11.2. The van der Waals surface area contributed by atoms with Crippen molar-refractivity contribution in [1.29, 1.82) is 0 Å². The van der Waals surface area contributed by atoms with Crippen LogP contribution < -0.4 is 0 Å². The van der Waals surface area contributed by atoms with E-state index >= 15 is 0 Å². The molecule has 1 unspecified atom stereocenters. The Balaban J connectivity index is 1.72. The highest BCUT2D eigenvalue weighted by molar-refractivity contribution is 5.68. The molecule has 0 spiro atoms. The molecular weight excluding hydrogens is 340 g/mol. The molecule has 0 saturated carbocycles. The SMILES string of the molecule is COC(=O)CCCCCCC/C=C\CCCCCCCCC1COCCO1. The highest BCUT2D eigenvalue weighted by Gasteiger charge is 2.13. The molecule has 1 fully saturated rings. The van der Waals surface area contributed by atoms with Gasteiger partial charge in [0, 0.05) is 6.42 Å². The molecule has 0 radical (unpaired) electrons. The Kier molecular flexibility index (Phi) is 16.6. The molecule has 1 rings (SSSR count). The van der Waals surface area contributed by atoms with Crippen molar-refractivity contribution in [1.82, 2.24) is 0 Å². The van der Waals surface area contributed by atoms with Crippen LogP contribution >= 0.6 is 0 Å². The monoisotopic (exact) mass is 382 g/mol. The van der Waals surface area contributed by atoms with Gasteiger partial charge < -0.3 is 14.2 Å². The Bertz CT molecular complexity index is 361. The van der Waals surface area contributed by atoms with E-state index in [0.29, 0.717) is 12.5 Å². The molecule has 158 valence electrons. The van der Waals surface area contributed by atoms with E-state index in [2.05, 4.69) is 16.9 Å². The van der Waals surface area contributed by atoms with Crippen molar-refractivity contribution < 1.29 is 19.0 Å². The van der Waals surface area contributed by atoms with Crippen molar-refractivity contribution >= 4 is 5.97 Å². The van der Waals surface area contributed by atoms with E-state index in [-0.39, 0.29) is 5.97 Å². The number of unbranched alkanes of at least 4 members (excludes halogenated alkanes) is 11. The van der Waals surface area contributed by atoms with Gasteiger partial charge in [0.05, 0.1) is 33.0 Å².